The number of amides is 1. The monoisotopic (exact) mass is 519 g/mol. The Morgan fingerprint density at radius 2 is 2.00 bits per heavy atom. The van der Waals surface area contributed by atoms with Gasteiger partial charge in [-0.05, 0) is 31.9 Å². The molecule has 1 aromatic heterocycles. The average Bonchev–Trinajstić information content (AvgIpc) is 3.16. The number of aliphatic imine (C=N–C) groups is 1. The molecular weight excluding hydrogens is 496 g/mol. The number of ether oxygens (including phenoxy) is 1. The number of nitrogens with two attached hydrogens (primary N) is 1. The normalized spacial score (nSPS) is 20.2. The first-order valence-corrected chi connectivity index (χ1v) is 10.6. The van der Waals surface area contributed by atoms with Crippen molar-refractivity contribution in [3.05, 3.63) is 35.9 Å². The molecule has 2 N–H and O–H groups in total. The van der Waals surface area contributed by atoms with Gasteiger partial charge in [0.05, 0.1) is 19.2 Å². The molecule has 1 aromatic carbocycles. The lowest BCUT2D eigenvalue weighted by Gasteiger charge is -2.23. The molecule has 1 amide bonds. The van der Waals surface area contributed by atoms with Crippen molar-refractivity contribution in [2.24, 2.45) is 21.9 Å². The number of alkyl halides is 6. The smallest absolute Gasteiger partial charge is 0.406 e. The number of hydrazone groups is 1. The van der Waals surface area contributed by atoms with Crippen LogP contribution in [0.5, 0.6) is 5.75 Å². The molecule has 0 saturated carbocycles. The molecule has 36 heavy (non-hydrogen) atoms. The van der Waals surface area contributed by atoms with Gasteiger partial charge < -0.3 is 15.5 Å². The minimum Gasteiger partial charge on any atom is -0.494 e. The van der Waals surface area contributed by atoms with Gasteiger partial charge >= 0.3 is 12.4 Å². The number of methoxy groups -OCH3 is 1. The van der Waals surface area contributed by atoms with Gasteiger partial charge in [0, 0.05) is 12.1 Å². The van der Waals surface area contributed by atoms with Gasteiger partial charge in [0.25, 0.3) is 0 Å². The van der Waals surface area contributed by atoms with Gasteiger partial charge in [-0.25, -0.2) is 9.67 Å². The zero-order valence-electron chi connectivity index (χ0n) is 19.2. The van der Waals surface area contributed by atoms with E-state index in [1.54, 1.807) is 19.1 Å². The fraction of sp³-hybridized carbons (Fsp3) is 0.476. The van der Waals surface area contributed by atoms with E-state index in [1.807, 2.05) is 0 Å². The second-order valence-corrected chi connectivity index (χ2v) is 8.07. The van der Waals surface area contributed by atoms with Gasteiger partial charge in [0.15, 0.2) is 0 Å². The number of hydrogen-bond acceptors (Lipinski definition) is 7. The van der Waals surface area contributed by atoms with Crippen LogP contribution in [0.2, 0.25) is 0 Å². The molecule has 2 heterocycles. The Balaban J connectivity index is 1.90. The molecule has 2 unspecified atom stereocenters. The van der Waals surface area contributed by atoms with Crippen LogP contribution in [0.15, 0.2) is 34.6 Å². The SMILES string of the molecule is COc1cc(C(C=NC2CC(C(F)(F)F)CCN(CC(F)(F)F)C2=O)=NN)ccc1-n1cnc(C)n1. The molecule has 196 valence electrons. The number of benzene rings is 1. The summed E-state index contributed by atoms with van der Waals surface area (Å²) in [7, 11) is 1.40. The van der Waals surface area contributed by atoms with Crippen molar-refractivity contribution in [2.75, 3.05) is 20.2 Å². The van der Waals surface area contributed by atoms with E-state index in [9.17, 15) is 31.1 Å². The lowest BCUT2D eigenvalue weighted by molar-refractivity contribution is -0.178. The molecule has 1 aliphatic heterocycles. The summed E-state index contributed by atoms with van der Waals surface area (Å²) in [5.74, 6) is 3.14. The van der Waals surface area contributed by atoms with Crippen LogP contribution in [-0.4, -0.2) is 76.1 Å². The minimum absolute atomic E-state index is 0.0300. The molecule has 3 rings (SSSR count). The number of hydrogen-bond donors (Lipinski definition) is 1. The standard InChI is InChI=1S/C21H23F6N7O2/c1-12-30-11-34(32-12)17-4-3-13(7-18(17)36-2)16(31-28)9-29-15-8-14(21(25,26)27)5-6-33(19(15)35)10-20(22,23)24/h3-4,7,9,11,14-15H,5-6,8,10,28H2,1-2H3. The van der Waals surface area contributed by atoms with Crippen LogP contribution < -0.4 is 10.6 Å². The van der Waals surface area contributed by atoms with Crippen LogP contribution in [0, 0.1) is 12.8 Å². The average molecular weight is 519 g/mol. The highest BCUT2D eigenvalue weighted by molar-refractivity contribution is 6.38. The number of carbonyl (C=O) groups excluding carboxylic acids is 1. The Bertz CT molecular complexity index is 1140. The maximum atomic E-state index is 13.4. The molecule has 9 nitrogen and oxygen atoms in total. The summed E-state index contributed by atoms with van der Waals surface area (Å²) in [4.78, 5) is 21.0. The minimum atomic E-state index is -4.77. The fourth-order valence-corrected chi connectivity index (χ4v) is 3.75. The molecule has 15 heteroatoms. The maximum absolute atomic E-state index is 13.4. The summed E-state index contributed by atoms with van der Waals surface area (Å²) in [5, 5.41) is 7.76. The third kappa shape index (κ3) is 6.51. The first-order valence-electron chi connectivity index (χ1n) is 10.6. The van der Waals surface area contributed by atoms with Crippen molar-refractivity contribution in [2.45, 2.75) is 38.2 Å². The molecule has 1 aliphatic rings. The predicted octanol–water partition coefficient (Wildman–Crippen LogP) is 3.05. The lowest BCUT2D eigenvalue weighted by atomic mass is 9.97. The number of rotatable bonds is 6. The van der Waals surface area contributed by atoms with E-state index in [0.29, 0.717) is 27.7 Å². The van der Waals surface area contributed by atoms with Crippen molar-refractivity contribution in [3.63, 3.8) is 0 Å². The third-order valence-corrected chi connectivity index (χ3v) is 5.53. The quantitative estimate of drug-likeness (QED) is 0.273. The lowest BCUT2D eigenvalue weighted by Crippen LogP contribution is -2.42. The van der Waals surface area contributed by atoms with Crippen LogP contribution in [0.4, 0.5) is 26.3 Å². The molecule has 1 fully saturated rings. The maximum Gasteiger partial charge on any atom is 0.406 e. The molecule has 2 aromatic rings. The topological polar surface area (TPSA) is 111 Å². The highest BCUT2D eigenvalue weighted by Crippen LogP contribution is 2.36. The van der Waals surface area contributed by atoms with Gasteiger partial charge in [0.1, 0.15) is 41.9 Å². The summed E-state index contributed by atoms with van der Waals surface area (Å²) in [6.07, 6.45) is -8.48. The molecular formula is C21H23F6N7O2. The van der Waals surface area contributed by atoms with Crippen molar-refractivity contribution in [3.8, 4) is 11.4 Å². The summed E-state index contributed by atoms with van der Waals surface area (Å²) >= 11 is 0. The third-order valence-electron chi connectivity index (χ3n) is 5.53. The first-order chi connectivity index (χ1) is 16.8. The van der Waals surface area contributed by atoms with E-state index in [4.69, 9.17) is 10.6 Å². The van der Waals surface area contributed by atoms with Crippen molar-refractivity contribution in [1.82, 2.24) is 19.7 Å². The molecule has 2 atom stereocenters. The zero-order chi connectivity index (χ0) is 26.7. The number of aromatic nitrogens is 3. The first kappa shape index (κ1) is 26.9. The van der Waals surface area contributed by atoms with Gasteiger partial charge in [-0.15, -0.1) is 0 Å². The van der Waals surface area contributed by atoms with E-state index >= 15 is 0 Å². The van der Waals surface area contributed by atoms with Crippen LogP contribution in [-0.2, 0) is 4.79 Å². The Morgan fingerprint density at radius 1 is 1.28 bits per heavy atom. The number of carbonyl (C=O) groups is 1. The number of aryl methyl sites for hydroxylation is 1. The summed E-state index contributed by atoms with van der Waals surface area (Å²) in [6.45, 7) is -0.658. The molecule has 0 spiro atoms. The van der Waals surface area contributed by atoms with E-state index in [-0.39, 0.29) is 5.71 Å². The van der Waals surface area contributed by atoms with Crippen LogP contribution in [0.1, 0.15) is 24.2 Å². The van der Waals surface area contributed by atoms with Crippen molar-refractivity contribution < 1.29 is 35.9 Å². The summed E-state index contributed by atoms with van der Waals surface area (Å²) in [6, 6.07) is 2.96. The van der Waals surface area contributed by atoms with E-state index in [2.05, 4.69) is 20.2 Å². The van der Waals surface area contributed by atoms with E-state index < -0.39 is 56.2 Å². The molecule has 0 aliphatic carbocycles. The van der Waals surface area contributed by atoms with Gasteiger partial charge in [0.2, 0.25) is 5.91 Å². The van der Waals surface area contributed by atoms with E-state index in [0.717, 1.165) is 6.21 Å². The molecule has 0 bridgehead atoms. The van der Waals surface area contributed by atoms with Gasteiger partial charge in [-0.3, -0.25) is 9.79 Å². The Kier molecular flexibility index (Phi) is 7.89. The highest BCUT2D eigenvalue weighted by atomic mass is 19.4. The van der Waals surface area contributed by atoms with Crippen LogP contribution in [0.25, 0.3) is 5.69 Å². The van der Waals surface area contributed by atoms with Gasteiger partial charge in [-0.1, -0.05) is 6.07 Å². The fourth-order valence-electron chi connectivity index (χ4n) is 3.75. The zero-order valence-corrected chi connectivity index (χ0v) is 19.2. The molecule has 1 saturated heterocycles. The predicted molar refractivity (Wildman–Crippen MR) is 117 cm³/mol. The number of halogens is 6. The second-order valence-electron chi connectivity index (χ2n) is 8.07. The van der Waals surface area contributed by atoms with E-state index in [1.165, 1.54) is 24.2 Å². The van der Waals surface area contributed by atoms with Gasteiger partial charge in [-0.2, -0.15) is 36.5 Å². The number of likely N-dealkylation sites (tertiary alicyclic amines) is 1. The van der Waals surface area contributed by atoms with Crippen LogP contribution in [0.3, 0.4) is 0 Å². The highest BCUT2D eigenvalue weighted by Gasteiger charge is 2.46. The summed E-state index contributed by atoms with van der Waals surface area (Å²) in [5.41, 5.74) is 0.821. The Hall–Kier alpha value is -3.65. The van der Waals surface area contributed by atoms with Crippen molar-refractivity contribution >= 4 is 17.8 Å². The van der Waals surface area contributed by atoms with Crippen LogP contribution >= 0.6 is 0 Å². The largest absolute Gasteiger partial charge is 0.494 e. The Morgan fingerprint density at radius 3 is 2.56 bits per heavy atom. The molecule has 0 radical (unpaired) electrons. The Labute approximate surface area is 201 Å². The summed E-state index contributed by atoms with van der Waals surface area (Å²) < 4.78 is 85.8. The van der Waals surface area contributed by atoms with Crippen molar-refractivity contribution in [1.29, 1.82) is 0 Å². The number of nitrogens with zero attached hydrogens (tertiary/aromatic N) is 6. The second kappa shape index (κ2) is 10.5.